The topological polar surface area (TPSA) is 93.7 Å². The number of alkyl halides is 3. The van der Waals surface area contributed by atoms with Gasteiger partial charge in [-0.05, 0) is 47.0 Å². The number of nitrogens with one attached hydrogen (secondary N) is 1. The summed E-state index contributed by atoms with van der Waals surface area (Å²) in [6.07, 6.45) is -3.84. The lowest BCUT2D eigenvalue weighted by Crippen LogP contribution is -2.51. The molecule has 1 aromatic heterocycles. The maximum Gasteiger partial charge on any atom is 0.573 e. The summed E-state index contributed by atoms with van der Waals surface area (Å²) >= 11 is 4.34. The predicted molar refractivity (Wildman–Crippen MR) is 112 cm³/mol. The number of hydrogen-bond acceptors (Lipinski definition) is 8. The van der Waals surface area contributed by atoms with Gasteiger partial charge in [-0.1, -0.05) is 11.3 Å². The van der Waals surface area contributed by atoms with E-state index in [1.54, 1.807) is 0 Å². The first-order chi connectivity index (χ1) is 15.2. The quantitative estimate of drug-likeness (QED) is 0.544. The van der Waals surface area contributed by atoms with Crippen LogP contribution in [0.15, 0.2) is 22.1 Å². The molecule has 2 heterocycles. The van der Waals surface area contributed by atoms with E-state index in [0.717, 1.165) is 6.07 Å². The van der Waals surface area contributed by atoms with Gasteiger partial charge in [-0.3, -0.25) is 14.5 Å². The van der Waals surface area contributed by atoms with Crippen molar-refractivity contribution < 1.29 is 32.2 Å². The van der Waals surface area contributed by atoms with Gasteiger partial charge in [-0.2, -0.15) is 0 Å². The largest absolute Gasteiger partial charge is 0.573 e. The molecule has 2 aliphatic rings. The number of morpholine rings is 1. The number of halogens is 4. The fraction of sp³-hybridized carbons (Fsp3) is 0.474. The third-order valence-corrected chi connectivity index (χ3v) is 6.65. The van der Waals surface area contributed by atoms with Crippen molar-refractivity contribution in [3.8, 4) is 5.75 Å². The SMILES string of the molecule is O=C(Cc1nnc(Br)s1)c1ccc(OC(F)(F)F)c(NC(=O)C2(N3CCOCC3)CC2)c1. The number of rotatable bonds is 7. The summed E-state index contributed by atoms with van der Waals surface area (Å²) in [6, 6.07) is 3.46. The highest BCUT2D eigenvalue weighted by Gasteiger charge is 2.54. The van der Waals surface area contributed by atoms with E-state index in [-0.39, 0.29) is 23.5 Å². The second kappa shape index (κ2) is 9.04. The summed E-state index contributed by atoms with van der Waals surface area (Å²) in [7, 11) is 0. The van der Waals surface area contributed by atoms with Gasteiger partial charge in [-0.15, -0.1) is 23.4 Å². The Morgan fingerprint density at radius 3 is 2.56 bits per heavy atom. The number of ketones is 1. The van der Waals surface area contributed by atoms with Crippen LogP contribution in [0.4, 0.5) is 18.9 Å². The van der Waals surface area contributed by atoms with Crippen molar-refractivity contribution in [2.75, 3.05) is 31.6 Å². The summed E-state index contributed by atoms with van der Waals surface area (Å²) in [5.74, 6) is -1.39. The molecular weight excluding hydrogens is 517 g/mol. The van der Waals surface area contributed by atoms with Gasteiger partial charge in [0.1, 0.15) is 10.5 Å². The van der Waals surface area contributed by atoms with Crippen LogP contribution in [0.25, 0.3) is 0 Å². The number of benzene rings is 1. The van der Waals surface area contributed by atoms with Crippen molar-refractivity contribution in [2.45, 2.75) is 31.2 Å². The molecule has 1 amide bonds. The van der Waals surface area contributed by atoms with Crippen LogP contribution in [-0.2, 0) is 16.0 Å². The number of carbonyl (C=O) groups excluding carboxylic acids is 2. The number of amides is 1. The minimum Gasteiger partial charge on any atom is -0.404 e. The molecule has 32 heavy (non-hydrogen) atoms. The monoisotopic (exact) mass is 534 g/mol. The van der Waals surface area contributed by atoms with Crippen molar-refractivity contribution in [1.29, 1.82) is 0 Å². The molecule has 0 unspecified atom stereocenters. The van der Waals surface area contributed by atoms with Gasteiger partial charge in [0, 0.05) is 18.7 Å². The van der Waals surface area contributed by atoms with E-state index in [9.17, 15) is 22.8 Å². The van der Waals surface area contributed by atoms with E-state index in [1.807, 2.05) is 4.90 Å². The lowest BCUT2D eigenvalue weighted by molar-refractivity contribution is -0.274. The van der Waals surface area contributed by atoms with Gasteiger partial charge in [0.05, 0.1) is 25.3 Å². The second-order valence-corrected chi connectivity index (χ2v) is 9.73. The molecule has 0 atom stereocenters. The van der Waals surface area contributed by atoms with Crippen molar-refractivity contribution in [3.63, 3.8) is 0 Å². The average molecular weight is 535 g/mol. The van der Waals surface area contributed by atoms with E-state index in [0.29, 0.717) is 48.1 Å². The Morgan fingerprint density at radius 1 is 1.25 bits per heavy atom. The summed E-state index contributed by atoms with van der Waals surface area (Å²) < 4.78 is 48.6. The number of Topliss-reactive ketones (excluding diaryl/α,β-unsaturated/α-hetero) is 1. The van der Waals surface area contributed by atoms with Crippen LogP contribution in [0, 0.1) is 0 Å². The Bertz CT molecular complexity index is 1020. The van der Waals surface area contributed by atoms with Crippen LogP contribution >= 0.6 is 27.3 Å². The van der Waals surface area contributed by atoms with Gasteiger partial charge >= 0.3 is 6.36 Å². The zero-order chi connectivity index (χ0) is 22.9. The zero-order valence-electron chi connectivity index (χ0n) is 16.6. The van der Waals surface area contributed by atoms with Crippen molar-refractivity contribution in [2.24, 2.45) is 0 Å². The van der Waals surface area contributed by atoms with Crippen molar-refractivity contribution in [3.05, 3.63) is 32.7 Å². The van der Waals surface area contributed by atoms with Crippen molar-refractivity contribution in [1.82, 2.24) is 15.1 Å². The second-order valence-electron chi connectivity index (χ2n) is 7.39. The molecule has 0 radical (unpaired) electrons. The van der Waals surface area contributed by atoms with Gasteiger partial charge in [0.25, 0.3) is 0 Å². The molecule has 1 aliphatic carbocycles. The normalized spacial score (nSPS) is 18.2. The Kier molecular flexibility index (Phi) is 6.52. The zero-order valence-corrected chi connectivity index (χ0v) is 19.0. The molecule has 2 aromatic rings. The molecule has 0 bridgehead atoms. The highest BCUT2D eigenvalue weighted by molar-refractivity contribution is 9.11. The third-order valence-electron chi connectivity index (χ3n) is 5.29. The maximum atomic E-state index is 13.1. The van der Waals surface area contributed by atoms with E-state index in [4.69, 9.17) is 4.74 Å². The Labute approximate surface area is 193 Å². The van der Waals surface area contributed by atoms with Gasteiger partial charge < -0.3 is 14.8 Å². The van der Waals surface area contributed by atoms with E-state index >= 15 is 0 Å². The fourth-order valence-electron chi connectivity index (χ4n) is 3.59. The first-order valence-corrected chi connectivity index (χ1v) is 11.3. The van der Waals surface area contributed by atoms with Crippen LogP contribution in [0.1, 0.15) is 28.2 Å². The number of anilines is 1. The van der Waals surface area contributed by atoms with Crippen LogP contribution in [0.2, 0.25) is 0 Å². The molecule has 2 fully saturated rings. The van der Waals surface area contributed by atoms with Crippen molar-refractivity contribution >= 4 is 44.6 Å². The smallest absolute Gasteiger partial charge is 0.404 e. The maximum absolute atomic E-state index is 13.1. The number of aromatic nitrogens is 2. The molecule has 1 aromatic carbocycles. The molecule has 1 saturated carbocycles. The predicted octanol–water partition coefficient (Wildman–Crippen LogP) is 3.43. The highest BCUT2D eigenvalue weighted by atomic mass is 79.9. The Morgan fingerprint density at radius 2 is 1.97 bits per heavy atom. The van der Waals surface area contributed by atoms with E-state index in [1.165, 1.54) is 23.5 Å². The van der Waals surface area contributed by atoms with Gasteiger partial charge in [0.2, 0.25) is 5.91 Å². The van der Waals surface area contributed by atoms with Crippen LogP contribution in [-0.4, -0.2) is 65.0 Å². The van der Waals surface area contributed by atoms with E-state index in [2.05, 4.69) is 36.2 Å². The average Bonchev–Trinajstić information content (AvgIpc) is 3.46. The molecule has 8 nitrogen and oxygen atoms in total. The van der Waals surface area contributed by atoms with E-state index < -0.39 is 23.6 Å². The number of ether oxygens (including phenoxy) is 2. The molecule has 4 rings (SSSR count). The minimum atomic E-state index is -4.95. The van der Waals surface area contributed by atoms with Gasteiger partial charge in [-0.25, -0.2) is 0 Å². The van der Waals surface area contributed by atoms with Crippen LogP contribution < -0.4 is 10.1 Å². The lowest BCUT2D eigenvalue weighted by Gasteiger charge is -2.34. The molecule has 13 heteroatoms. The standard InChI is InChI=1S/C19H18BrF3N4O4S/c20-17-26-25-15(32-17)10-13(28)11-1-2-14(31-19(21,22)23)12(9-11)24-16(29)18(3-4-18)27-5-7-30-8-6-27/h1-2,9H,3-8,10H2,(H,24,29). The van der Waals surface area contributed by atoms with Crippen LogP contribution in [0.3, 0.4) is 0 Å². The molecular formula is C19H18BrF3N4O4S. The molecule has 1 aliphatic heterocycles. The minimum absolute atomic E-state index is 0.0756. The fourth-order valence-corrected chi connectivity index (χ4v) is 4.79. The number of carbonyl (C=O) groups is 2. The Balaban J connectivity index is 1.57. The summed E-state index contributed by atoms with van der Waals surface area (Å²) in [6.45, 7) is 2.11. The summed E-state index contributed by atoms with van der Waals surface area (Å²) in [5.41, 5.74) is -0.869. The highest BCUT2D eigenvalue weighted by Crippen LogP contribution is 2.44. The summed E-state index contributed by atoms with van der Waals surface area (Å²) in [5, 5.41) is 10.6. The first kappa shape index (κ1) is 23.1. The summed E-state index contributed by atoms with van der Waals surface area (Å²) in [4.78, 5) is 27.7. The lowest BCUT2D eigenvalue weighted by atomic mass is 10.1. The molecule has 172 valence electrons. The number of nitrogens with zero attached hydrogens (tertiary/aromatic N) is 3. The molecule has 0 spiro atoms. The van der Waals surface area contributed by atoms with Gasteiger partial charge in [0.15, 0.2) is 15.4 Å². The molecule has 1 N–H and O–H groups in total. The third kappa shape index (κ3) is 5.27. The van der Waals surface area contributed by atoms with Crippen LogP contribution in [0.5, 0.6) is 5.75 Å². The number of hydrogen-bond donors (Lipinski definition) is 1. The molecule has 1 saturated heterocycles. The Hall–Kier alpha value is -2.09. The first-order valence-electron chi connectivity index (χ1n) is 9.71.